The van der Waals surface area contributed by atoms with E-state index in [1.807, 2.05) is 0 Å². The Hall–Kier alpha value is 4.43. The minimum Gasteiger partial charge on any atom is -1.00 e. The number of rotatable bonds is 0. The maximum absolute atomic E-state index is 0. The summed E-state index contributed by atoms with van der Waals surface area (Å²) in [5.41, 5.74) is 0. The fraction of sp³-hybridized carbons (Fsp3) is 0. The molecule has 0 fully saturated rings. The van der Waals surface area contributed by atoms with Gasteiger partial charge >= 0.3 is 59.1 Å². The van der Waals surface area contributed by atoms with E-state index in [-0.39, 0.29) is 155 Å². The molecule has 0 aliphatic carbocycles. The molecule has 0 amide bonds. The Morgan fingerprint density at radius 1 is 0.333 bits per heavy atom. The quantitative estimate of drug-likeness (QED) is 0.327. The molecule has 0 radical (unpaired) electrons. The van der Waals surface area contributed by atoms with Crippen LogP contribution in [-0.2, 0) is 21.1 Å². The Labute approximate surface area is 152 Å². The van der Waals surface area contributed by atoms with Crippen molar-refractivity contribution in [2.45, 2.75) is 0 Å². The summed E-state index contributed by atoms with van der Waals surface area (Å²) in [5, 5.41) is 0. The minimum atomic E-state index is 0. The van der Waals surface area contributed by atoms with Crippen LogP contribution >= 0.6 is 0 Å². The van der Waals surface area contributed by atoms with Crippen molar-refractivity contribution in [2.75, 3.05) is 0 Å². The molecular formula is Cl6Na2W-4. The van der Waals surface area contributed by atoms with Crippen LogP contribution < -0.4 is 134 Å². The first-order valence-electron chi connectivity index (χ1n) is 0. The Bertz CT molecular complexity index is 11.0. The van der Waals surface area contributed by atoms with Crippen molar-refractivity contribution < 1.29 is 155 Å². The average Bonchev–Trinajstić information content (AvgIpc) is 0. The molecule has 0 saturated carbocycles. The van der Waals surface area contributed by atoms with Gasteiger partial charge in [0.25, 0.3) is 0 Å². The second kappa shape index (κ2) is 82.8. The number of hydrogen-bond donors (Lipinski definition) is 0. The second-order valence-electron chi connectivity index (χ2n) is 0. The Morgan fingerprint density at radius 3 is 0.333 bits per heavy atom. The zero-order valence-electron chi connectivity index (χ0n) is 4.68. The van der Waals surface area contributed by atoms with E-state index in [1.54, 1.807) is 0 Å². The van der Waals surface area contributed by atoms with Gasteiger partial charge in [-0.05, 0) is 0 Å². The molecule has 0 spiro atoms. The molecule has 0 heterocycles. The molecule has 0 aliphatic rings. The molecule has 0 aromatic heterocycles. The molecule has 0 N–H and O–H groups in total. The summed E-state index contributed by atoms with van der Waals surface area (Å²) in [6, 6.07) is 0. The van der Waals surface area contributed by atoms with Crippen LogP contribution in [0.25, 0.3) is 0 Å². The fourth-order valence-corrected chi connectivity index (χ4v) is 0. The third kappa shape index (κ3) is 68.9. The summed E-state index contributed by atoms with van der Waals surface area (Å²) in [7, 11) is 0. The van der Waals surface area contributed by atoms with E-state index in [0.717, 1.165) is 0 Å². The van der Waals surface area contributed by atoms with Gasteiger partial charge in [-0.25, -0.2) is 0 Å². The first-order chi connectivity index (χ1) is 0. The first kappa shape index (κ1) is 106. The first-order valence-corrected chi connectivity index (χ1v) is 0. The normalized spacial score (nSPS) is 0. The third-order valence-electron chi connectivity index (χ3n) is 0. The Balaban J connectivity index is 0. The van der Waals surface area contributed by atoms with Gasteiger partial charge in [-0.3, -0.25) is 0 Å². The van der Waals surface area contributed by atoms with Gasteiger partial charge in [0.1, 0.15) is 0 Å². The van der Waals surface area contributed by atoms with E-state index >= 15 is 0 Å². The summed E-state index contributed by atoms with van der Waals surface area (Å²) in [6.45, 7) is 0. The van der Waals surface area contributed by atoms with Gasteiger partial charge in [0.15, 0.2) is 0 Å². The van der Waals surface area contributed by atoms with Crippen molar-refractivity contribution in [2.24, 2.45) is 0 Å². The summed E-state index contributed by atoms with van der Waals surface area (Å²) >= 11 is 0. The summed E-state index contributed by atoms with van der Waals surface area (Å²) in [4.78, 5) is 0. The van der Waals surface area contributed by atoms with Gasteiger partial charge < -0.3 is 74.4 Å². The van der Waals surface area contributed by atoms with Crippen molar-refractivity contribution >= 4 is 0 Å². The van der Waals surface area contributed by atoms with Gasteiger partial charge in [-0.15, -0.1) is 0 Å². The number of hydrogen-bond acceptors (Lipinski definition) is 0. The van der Waals surface area contributed by atoms with Gasteiger partial charge in [-0.1, -0.05) is 0 Å². The van der Waals surface area contributed by atoms with Crippen LogP contribution in [0.2, 0.25) is 0 Å². The van der Waals surface area contributed by atoms with Gasteiger partial charge in [0.2, 0.25) is 0 Å². The average molecular weight is 443 g/mol. The molecule has 9 heteroatoms. The van der Waals surface area contributed by atoms with Crippen LogP contribution in [0.15, 0.2) is 0 Å². The molecule has 54 valence electrons. The van der Waals surface area contributed by atoms with E-state index in [1.165, 1.54) is 0 Å². The smallest absolute Gasteiger partial charge is 1.00 e. The van der Waals surface area contributed by atoms with Crippen molar-refractivity contribution in [3.05, 3.63) is 0 Å². The number of halogens is 6. The zero-order chi connectivity index (χ0) is 0. The molecule has 0 nitrogen and oxygen atoms in total. The molecule has 0 atom stereocenters. The maximum Gasteiger partial charge on any atom is 1.00 e. The molecular weight excluding hydrogens is 443 g/mol. The largest absolute Gasteiger partial charge is 1.00 e. The predicted molar refractivity (Wildman–Crippen MR) is 0 cm³/mol. The van der Waals surface area contributed by atoms with E-state index in [0.29, 0.717) is 0 Å². The van der Waals surface area contributed by atoms with Gasteiger partial charge in [-0.2, -0.15) is 0 Å². The molecule has 0 saturated heterocycles. The van der Waals surface area contributed by atoms with Crippen LogP contribution in [-0.4, -0.2) is 0 Å². The minimum absolute atomic E-state index is 0. The summed E-state index contributed by atoms with van der Waals surface area (Å²) in [6.07, 6.45) is 0. The second-order valence-corrected chi connectivity index (χ2v) is 0. The van der Waals surface area contributed by atoms with Crippen molar-refractivity contribution in [1.29, 1.82) is 0 Å². The SMILES string of the molecule is [Cl-].[Cl-].[Cl-].[Cl-].[Cl-].[Cl-].[Na+].[Na+].[W]. The van der Waals surface area contributed by atoms with Gasteiger partial charge in [0, 0.05) is 21.1 Å². The molecule has 0 bridgehead atoms. The zero-order valence-corrected chi connectivity index (χ0v) is 16.1. The van der Waals surface area contributed by atoms with Crippen LogP contribution in [0.1, 0.15) is 0 Å². The van der Waals surface area contributed by atoms with Gasteiger partial charge in [0.05, 0.1) is 0 Å². The van der Waals surface area contributed by atoms with Crippen molar-refractivity contribution in [1.82, 2.24) is 0 Å². The maximum atomic E-state index is 0. The van der Waals surface area contributed by atoms with Crippen LogP contribution in [0.5, 0.6) is 0 Å². The third-order valence-corrected chi connectivity index (χ3v) is 0. The molecule has 0 aliphatic heterocycles. The van der Waals surface area contributed by atoms with E-state index in [9.17, 15) is 0 Å². The predicted octanol–water partition coefficient (Wildman–Crippen LogP) is -24.0. The molecule has 0 aromatic rings. The fourth-order valence-electron chi connectivity index (χ4n) is 0. The summed E-state index contributed by atoms with van der Waals surface area (Å²) in [5.74, 6) is 0. The van der Waals surface area contributed by atoms with E-state index in [4.69, 9.17) is 0 Å². The van der Waals surface area contributed by atoms with E-state index < -0.39 is 0 Å². The standard InChI is InChI=1S/6ClH.2Na.W/h6*1H;;;/q;;;;;;2*+1;/p-6. The monoisotopic (exact) mass is 440 g/mol. The van der Waals surface area contributed by atoms with Crippen molar-refractivity contribution in [3.63, 3.8) is 0 Å². The van der Waals surface area contributed by atoms with Crippen LogP contribution in [0.3, 0.4) is 0 Å². The molecule has 9 heavy (non-hydrogen) atoms. The van der Waals surface area contributed by atoms with Crippen LogP contribution in [0.4, 0.5) is 0 Å². The molecule has 0 unspecified atom stereocenters. The van der Waals surface area contributed by atoms with Crippen molar-refractivity contribution in [3.8, 4) is 0 Å². The molecule has 0 aromatic carbocycles. The Morgan fingerprint density at radius 2 is 0.333 bits per heavy atom. The topological polar surface area (TPSA) is 0 Å². The Kier molecular flexibility index (Phi) is 973. The van der Waals surface area contributed by atoms with Crippen LogP contribution in [0, 0.1) is 0 Å². The molecule has 0 rings (SSSR count). The van der Waals surface area contributed by atoms with E-state index in [2.05, 4.69) is 0 Å². The summed E-state index contributed by atoms with van der Waals surface area (Å²) < 4.78 is 0.